The third kappa shape index (κ3) is 4.19. The molecule has 0 radical (unpaired) electrons. The lowest BCUT2D eigenvalue weighted by atomic mass is 10.1. The standard InChI is InChI=1S/C19H26ClN3O3/c1-3-22(4-2)18(17(21)24)23-12-14(7-5-6-10-20)15-11-13(19(25)26)8-9-16(15)23/h8-9,11-12,18H,3-7,10H2,1-2H3,(H2,21,24)(H,25,26). The molecule has 1 unspecified atom stereocenters. The molecule has 0 aliphatic rings. The van der Waals surface area contributed by atoms with Crippen molar-refractivity contribution in [3.8, 4) is 0 Å². The molecule has 0 bridgehead atoms. The van der Waals surface area contributed by atoms with Crippen LogP contribution in [0.1, 0.15) is 48.8 Å². The van der Waals surface area contributed by atoms with Gasteiger partial charge in [-0.15, -0.1) is 11.6 Å². The van der Waals surface area contributed by atoms with Crippen LogP contribution in [-0.4, -0.2) is 45.4 Å². The van der Waals surface area contributed by atoms with Gasteiger partial charge < -0.3 is 15.4 Å². The number of carboxylic acid groups (broad SMARTS) is 1. The fourth-order valence-electron chi connectivity index (χ4n) is 3.33. The van der Waals surface area contributed by atoms with Gasteiger partial charge in [0.1, 0.15) is 0 Å². The van der Waals surface area contributed by atoms with E-state index in [1.54, 1.807) is 18.2 Å². The molecule has 2 aromatic rings. The van der Waals surface area contributed by atoms with Crippen molar-refractivity contribution in [2.75, 3.05) is 19.0 Å². The second-order valence-corrected chi connectivity index (χ2v) is 6.62. The van der Waals surface area contributed by atoms with Gasteiger partial charge in [0.25, 0.3) is 5.91 Å². The molecule has 1 heterocycles. The maximum absolute atomic E-state index is 12.2. The lowest BCUT2D eigenvalue weighted by molar-refractivity contribution is -0.126. The largest absolute Gasteiger partial charge is 0.478 e. The minimum absolute atomic E-state index is 0.229. The smallest absolute Gasteiger partial charge is 0.335 e. The number of hydrogen-bond acceptors (Lipinski definition) is 3. The summed E-state index contributed by atoms with van der Waals surface area (Å²) in [7, 11) is 0. The van der Waals surface area contributed by atoms with E-state index >= 15 is 0 Å². The highest BCUT2D eigenvalue weighted by atomic mass is 35.5. The number of benzene rings is 1. The Morgan fingerprint density at radius 2 is 1.96 bits per heavy atom. The average molecular weight is 380 g/mol. The molecule has 1 atom stereocenters. The first-order valence-corrected chi connectivity index (χ1v) is 9.44. The van der Waals surface area contributed by atoms with Gasteiger partial charge in [-0.05, 0) is 56.1 Å². The summed E-state index contributed by atoms with van der Waals surface area (Å²) in [5, 5.41) is 10.2. The summed E-state index contributed by atoms with van der Waals surface area (Å²) in [6, 6.07) is 4.98. The average Bonchev–Trinajstić information content (AvgIpc) is 2.97. The minimum atomic E-state index is -0.971. The summed E-state index contributed by atoms with van der Waals surface area (Å²) in [6.07, 6.45) is 3.86. The van der Waals surface area contributed by atoms with Crippen LogP contribution >= 0.6 is 11.6 Å². The molecule has 7 heteroatoms. The number of fused-ring (bicyclic) bond motifs is 1. The number of nitrogens with zero attached hydrogens (tertiary/aromatic N) is 2. The van der Waals surface area contributed by atoms with Gasteiger partial charge >= 0.3 is 5.97 Å². The first kappa shape index (κ1) is 20.3. The predicted octanol–water partition coefficient (Wildman–Crippen LogP) is 3.23. The Kier molecular flexibility index (Phi) is 7.06. The summed E-state index contributed by atoms with van der Waals surface area (Å²) in [5.41, 5.74) is 7.75. The van der Waals surface area contributed by atoms with Gasteiger partial charge in [-0.25, -0.2) is 4.79 Å². The molecule has 6 nitrogen and oxygen atoms in total. The number of carbonyl (C=O) groups excluding carboxylic acids is 1. The molecule has 26 heavy (non-hydrogen) atoms. The highest BCUT2D eigenvalue weighted by Crippen LogP contribution is 2.29. The van der Waals surface area contributed by atoms with Crippen LogP contribution in [0.2, 0.25) is 0 Å². The normalized spacial score (nSPS) is 12.6. The Morgan fingerprint density at radius 1 is 1.27 bits per heavy atom. The minimum Gasteiger partial charge on any atom is -0.478 e. The monoisotopic (exact) mass is 379 g/mol. The number of rotatable bonds is 10. The van der Waals surface area contributed by atoms with Crippen molar-refractivity contribution in [2.45, 2.75) is 39.3 Å². The summed E-state index contributed by atoms with van der Waals surface area (Å²) in [6.45, 7) is 5.32. The van der Waals surface area contributed by atoms with Crippen LogP contribution in [0.25, 0.3) is 10.9 Å². The van der Waals surface area contributed by atoms with Gasteiger partial charge in [0, 0.05) is 17.5 Å². The van der Waals surface area contributed by atoms with E-state index in [2.05, 4.69) is 0 Å². The Hall–Kier alpha value is -2.05. The number of unbranched alkanes of at least 4 members (excludes halogenated alkanes) is 1. The van der Waals surface area contributed by atoms with Crippen molar-refractivity contribution in [2.24, 2.45) is 5.73 Å². The third-order valence-corrected chi connectivity index (χ3v) is 4.94. The van der Waals surface area contributed by atoms with Crippen LogP contribution in [0.4, 0.5) is 0 Å². The number of carbonyl (C=O) groups is 2. The maximum Gasteiger partial charge on any atom is 0.335 e. The zero-order valence-corrected chi connectivity index (χ0v) is 16.0. The lowest BCUT2D eigenvalue weighted by Gasteiger charge is -2.28. The molecular formula is C19H26ClN3O3. The second-order valence-electron chi connectivity index (χ2n) is 6.24. The van der Waals surface area contributed by atoms with E-state index in [9.17, 15) is 14.7 Å². The zero-order chi connectivity index (χ0) is 19.3. The molecule has 142 valence electrons. The van der Waals surface area contributed by atoms with Gasteiger partial charge in [-0.3, -0.25) is 9.69 Å². The van der Waals surface area contributed by atoms with Crippen LogP contribution in [0.5, 0.6) is 0 Å². The summed E-state index contributed by atoms with van der Waals surface area (Å²) in [4.78, 5) is 25.5. The molecule has 0 aliphatic carbocycles. The van der Waals surface area contributed by atoms with Gasteiger partial charge in [0.05, 0.1) is 11.1 Å². The van der Waals surface area contributed by atoms with E-state index < -0.39 is 18.0 Å². The van der Waals surface area contributed by atoms with Gasteiger partial charge in [0.15, 0.2) is 6.17 Å². The van der Waals surface area contributed by atoms with Crippen molar-refractivity contribution < 1.29 is 14.7 Å². The quantitative estimate of drug-likeness (QED) is 0.490. The van der Waals surface area contributed by atoms with E-state index in [4.69, 9.17) is 17.3 Å². The van der Waals surface area contributed by atoms with E-state index in [-0.39, 0.29) is 5.56 Å². The molecule has 1 aromatic carbocycles. The van der Waals surface area contributed by atoms with Crippen molar-refractivity contribution >= 4 is 34.4 Å². The summed E-state index contributed by atoms with van der Waals surface area (Å²) < 4.78 is 1.87. The number of carboxylic acids is 1. The van der Waals surface area contributed by atoms with E-state index in [0.717, 1.165) is 35.7 Å². The SMILES string of the molecule is CCN(CC)C(C(N)=O)n1cc(CCCCCl)c2cc(C(=O)O)ccc21. The Bertz CT molecular complexity index is 784. The molecule has 0 spiro atoms. The number of halogens is 1. The number of alkyl halides is 1. The fourth-order valence-corrected chi connectivity index (χ4v) is 3.52. The molecule has 0 saturated carbocycles. The van der Waals surface area contributed by atoms with Crippen LogP contribution in [0.15, 0.2) is 24.4 Å². The van der Waals surface area contributed by atoms with Crippen molar-refractivity contribution in [1.82, 2.24) is 9.47 Å². The van der Waals surface area contributed by atoms with Gasteiger partial charge in [-0.1, -0.05) is 13.8 Å². The summed E-state index contributed by atoms with van der Waals surface area (Å²) >= 11 is 5.78. The number of aromatic nitrogens is 1. The molecule has 1 amide bonds. The lowest BCUT2D eigenvalue weighted by Crippen LogP contribution is -2.41. The number of likely N-dealkylation sites (N-methyl/N-ethyl adjacent to an activating group) is 1. The Morgan fingerprint density at radius 3 is 2.50 bits per heavy atom. The highest BCUT2D eigenvalue weighted by Gasteiger charge is 2.26. The molecule has 1 aromatic heterocycles. The van der Waals surface area contributed by atoms with Gasteiger partial charge in [-0.2, -0.15) is 0 Å². The topological polar surface area (TPSA) is 88.6 Å². The first-order valence-electron chi connectivity index (χ1n) is 8.90. The molecule has 0 fully saturated rings. The Balaban J connectivity index is 2.61. The Labute approximate surface area is 158 Å². The maximum atomic E-state index is 12.2. The number of aromatic carboxylic acids is 1. The number of primary amides is 1. The zero-order valence-electron chi connectivity index (χ0n) is 15.2. The molecule has 0 saturated heterocycles. The van der Waals surface area contributed by atoms with Crippen LogP contribution < -0.4 is 5.73 Å². The number of amides is 1. The predicted molar refractivity (Wildman–Crippen MR) is 104 cm³/mol. The summed E-state index contributed by atoms with van der Waals surface area (Å²) in [5.74, 6) is -0.815. The van der Waals surface area contributed by atoms with E-state index in [1.165, 1.54) is 0 Å². The number of nitrogens with two attached hydrogens (primary N) is 1. The van der Waals surface area contributed by atoms with Crippen LogP contribution in [0, 0.1) is 0 Å². The van der Waals surface area contributed by atoms with Crippen molar-refractivity contribution in [1.29, 1.82) is 0 Å². The van der Waals surface area contributed by atoms with Crippen LogP contribution in [0.3, 0.4) is 0 Å². The third-order valence-electron chi connectivity index (χ3n) is 4.67. The number of aryl methyl sites for hydroxylation is 1. The van der Waals surface area contributed by atoms with Crippen molar-refractivity contribution in [3.63, 3.8) is 0 Å². The molecule has 3 N–H and O–H groups in total. The molecule has 0 aliphatic heterocycles. The molecular weight excluding hydrogens is 354 g/mol. The second kappa shape index (κ2) is 9.05. The first-order chi connectivity index (χ1) is 12.4. The van der Waals surface area contributed by atoms with E-state index in [1.807, 2.05) is 29.5 Å². The molecule has 2 rings (SSSR count). The van der Waals surface area contributed by atoms with Crippen molar-refractivity contribution in [3.05, 3.63) is 35.5 Å². The number of hydrogen-bond donors (Lipinski definition) is 2. The van der Waals surface area contributed by atoms with E-state index in [0.29, 0.717) is 19.0 Å². The highest BCUT2D eigenvalue weighted by molar-refractivity contribution is 6.17. The fraction of sp³-hybridized carbons (Fsp3) is 0.474. The van der Waals surface area contributed by atoms with Gasteiger partial charge in [0.2, 0.25) is 0 Å². The van der Waals surface area contributed by atoms with Crippen LogP contribution in [-0.2, 0) is 11.2 Å².